The maximum atomic E-state index is 9.93. The molecular weight excluding hydrogens is 711 g/mol. The number of benzene rings is 9. The molecule has 3 heterocycles. The molecular formula is C53H31N3O2. The van der Waals surface area contributed by atoms with Crippen LogP contribution in [0, 0.1) is 0 Å². The number of rotatable bonds is 5. The zero-order valence-corrected chi connectivity index (χ0v) is 28.7. The van der Waals surface area contributed by atoms with E-state index in [1.165, 1.54) is 0 Å². The molecule has 0 saturated heterocycles. The van der Waals surface area contributed by atoms with Gasteiger partial charge in [-0.3, -0.25) is 0 Å². The molecule has 5 nitrogen and oxygen atoms in total. The third-order valence-electron chi connectivity index (χ3n) is 9.00. The van der Waals surface area contributed by atoms with Crippen LogP contribution in [0.15, 0.2) is 196 Å². The summed E-state index contributed by atoms with van der Waals surface area (Å²) in [5, 5.41) is -4.98. The van der Waals surface area contributed by atoms with Crippen molar-refractivity contribution in [3.8, 4) is 56.4 Å². The highest BCUT2D eigenvalue weighted by atomic mass is 16.3. The fourth-order valence-corrected chi connectivity index (χ4v) is 6.48. The van der Waals surface area contributed by atoms with Gasteiger partial charge in [0.25, 0.3) is 0 Å². The lowest BCUT2D eigenvalue weighted by molar-refractivity contribution is 0.669. The molecule has 12 aromatic rings. The zero-order chi connectivity index (χ0) is 65.1. The van der Waals surface area contributed by atoms with Crippen LogP contribution in [0.1, 0.15) is 42.5 Å². The predicted molar refractivity (Wildman–Crippen MR) is 237 cm³/mol. The molecule has 0 aliphatic heterocycles. The summed E-state index contributed by atoms with van der Waals surface area (Å²) in [6.45, 7) is 0. The molecule has 0 bridgehead atoms. The van der Waals surface area contributed by atoms with Gasteiger partial charge in [0.15, 0.2) is 17.5 Å². The Morgan fingerprint density at radius 3 is 1.71 bits per heavy atom. The maximum absolute atomic E-state index is 9.93. The molecule has 0 saturated carbocycles. The lowest BCUT2D eigenvalue weighted by Crippen LogP contribution is -2.01. The number of fused-ring (bicyclic) bond motifs is 8. The van der Waals surface area contributed by atoms with Crippen molar-refractivity contribution in [3.63, 3.8) is 0 Å². The van der Waals surface area contributed by atoms with Crippen LogP contribution in [-0.2, 0) is 0 Å². The Morgan fingerprint density at radius 2 is 0.914 bits per heavy atom. The highest BCUT2D eigenvalue weighted by Gasteiger charge is 2.23. The normalized spacial score (nSPS) is 19.3. The predicted octanol–water partition coefficient (Wildman–Crippen LogP) is 14.3. The SMILES string of the molecule is [2H]c1c([2H])c([2H])c(-c2c([2H])c([2H])c3c([2H])c(-c4nc(-c5c([2H])c([2H])c([2H])c6oc7c([2H])c([2H])c([2H])c([2H])c7c56)nc(-c5c([2H])c([2H])c(-c6c([2H])c([2H])c([2H])c([2H])c6[2H])c6oc7c([2H])c8c([2H])c([2H])c([2H])c([2H])c8c([2H])c7c56)n4)c([2H])c([2H])c3c2[2H])c([2H])c1[2H]. The Kier molecular flexibility index (Phi) is 3.15. The van der Waals surface area contributed by atoms with Gasteiger partial charge in [-0.15, -0.1) is 0 Å². The van der Waals surface area contributed by atoms with Crippen LogP contribution in [0.4, 0.5) is 0 Å². The Hall–Kier alpha value is -7.89. The number of hydrogen-bond donors (Lipinski definition) is 0. The summed E-state index contributed by atoms with van der Waals surface area (Å²) in [6.07, 6.45) is 0. The first kappa shape index (κ1) is 14.2. The molecule has 0 aliphatic rings. The molecule has 9 aromatic carbocycles. The number of nitrogens with zero attached hydrogens (tertiary/aromatic N) is 3. The van der Waals surface area contributed by atoms with Crippen molar-refractivity contribution in [2.75, 3.05) is 0 Å². The summed E-state index contributed by atoms with van der Waals surface area (Å²) in [5.41, 5.74) is -8.14. The van der Waals surface area contributed by atoms with Gasteiger partial charge in [0.2, 0.25) is 0 Å². The van der Waals surface area contributed by atoms with E-state index in [9.17, 15) is 13.7 Å². The number of hydrogen-bond acceptors (Lipinski definition) is 5. The van der Waals surface area contributed by atoms with Crippen LogP contribution in [0.5, 0.6) is 0 Å². The summed E-state index contributed by atoms with van der Waals surface area (Å²) < 4.78 is 290. The van der Waals surface area contributed by atoms with E-state index in [0.29, 0.717) is 0 Å². The smallest absolute Gasteiger partial charge is 0.164 e. The lowest BCUT2D eigenvalue weighted by Gasteiger charge is -2.12. The minimum atomic E-state index is -1.09. The summed E-state index contributed by atoms with van der Waals surface area (Å²) in [4.78, 5) is 13.7. The van der Waals surface area contributed by atoms with Crippen LogP contribution in [0.3, 0.4) is 0 Å². The van der Waals surface area contributed by atoms with Crippen molar-refractivity contribution in [1.82, 2.24) is 15.0 Å². The van der Waals surface area contributed by atoms with E-state index >= 15 is 0 Å². The molecule has 12 rings (SSSR count). The van der Waals surface area contributed by atoms with Gasteiger partial charge in [-0.1, -0.05) is 139 Å². The Labute approximate surface area is 376 Å². The zero-order valence-electron chi connectivity index (χ0n) is 59.7. The van der Waals surface area contributed by atoms with Gasteiger partial charge in [0, 0.05) is 43.8 Å². The molecule has 270 valence electrons. The minimum absolute atomic E-state index is 0.508. The number of para-hydroxylation sites is 1. The first-order valence-electron chi connectivity index (χ1n) is 32.4. The van der Waals surface area contributed by atoms with Crippen molar-refractivity contribution in [1.29, 1.82) is 0 Å². The van der Waals surface area contributed by atoms with Gasteiger partial charge in [-0.05, 0) is 86.6 Å². The second kappa shape index (κ2) is 12.8. The fraction of sp³-hybridized carbons (Fsp3) is 0. The summed E-state index contributed by atoms with van der Waals surface area (Å²) >= 11 is 0. The number of aromatic nitrogens is 3. The molecule has 3 aromatic heterocycles. The van der Waals surface area contributed by atoms with Gasteiger partial charge in [-0.2, -0.15) is 0 Å². The van der Waals surface area contributed by atoms with Gasteiger partial charge < -0.3 is 8.83 Å². The largest absolute Gasteiger partial charge is 0.456 e. The van der Waals surface area contributed by atoms with Crippen molar-refractivity contribution in [2.45, 2.75) is 0 Å². The summed E-state index contributed by atoms with van der Waals surface area (Å²) in [5.74, 6) is -2.84. The maximum Gasteiger partial charge on any atom is 0.164 e. The monoisotopic (exact) mass is 772 g/mol. The number of furan rings is 2. The molecule has 58 heavy (non-hydrogen) atoms. The topological polar surface area (TPSA) is 65.0 Å². The molecule has 0 fully saturated rings. The standard InChI is InChI=1S/C53H31N3O2/c1-3-12-32(13-4-1)36-22-23-38-29-39(25-24-37(38)28-36)51-54-52(42-19-11-21-46-48(42)41-18-9-10-20-45(41)57-46)56-53(55-51)43-27-26-40(33-14-5-2-6-15-33)50-49(43)44-30-34-16-7-8-17-35(34)31-47(44)58-50/h1-31H/i1D,2D,3D,4D,5D,6D,7D,8D,9D,10D,11D,12D,13D,14D,15D,16D,17D,18D,19D,20D,21D,22D,23D,24D,25D,26D,27D,28D,29D,30D,31D. The van der Waals surface area contributed by atoms with Crippen molar-refractivity contribution < 1.29 is 51.3 Å². The molecule has 0 unspecified atom stereocenters. The van der Waals surface area contributed by atoms with Gasteiger partial charge in [-0.25, -0.2) is 15.0 Å². The molecule has 5 heteroatoms. The molecule has 0 aliphatic carbocycles. The fourth-order valence-electron chi connectivity index (χ4n) is 6.48. The van der Waals surface area contributed by atoms with Crippen molar-refractivity contribution in [3.05, 3.63) is 187 Å². The first-order valence-corrected chi connectivity index (χ1v) is 16.9. The lowest BCUT2D eigenvalue weighted by atomic mass is 9.97. The van der Waals surface area contributed by atoms with Crippen LogP contribution in [0.2, 0.25) is 0 Å². The van der Waals surface area contributed by atoms with Crippen LogP contribution < -0.4 is 0 Å². The van der Waals surface area contributed by atoms with Crippen molar-refractivity contribution >= 4 is 65.4 Å². The minimum Gasteiger partial charge on any atom is -0.456 e. The van der Waals surface area contributed by atoms with Crippen LogP contribution >= 0.6 is 0 Å². The highest BCUT2D eigenvalue weighted by molar-refractivity contribution is 6.18. The molecule has 0 amide bonds. The second-order valence-electron chi connectivity index (χ2n) is 12.3. The van der Waals surface area contributed by atoms with Crippen molar-refractivity contribution in [2.24, 2.45) is 0 Å². The van der Waals surface area contributed by atoms with Gasteiger partial charge in [0.05, 0.1) is 42.5 Å². The average molecular weight is 773 g/mol. The third kappa shape index (κ3) is 5.21. The van der Waals surface area contributed by atoms with Crippen LogP contribution in [-0.4, -0.2) is 15.0 Å². The third-order valence-corrected chi connectivity index (χ3v) is 9.00. The molecule has 0 spiro atoms. The van der Waals surface area contributed by atoms with Crippen LogP contribution in [0.25, 0.3) is 122 Å². The quantitative estimate of drug-likeness (QED) is 0.174. The average Bonchev–Trinajstić information content (AvgIpc) is 1.64. The van der Waals surface area contributed by atoms with E-state index in [0.717, 1.165) is 0 Å². The molecule has 0 atom stereocenters. The Bertz CT molecular complexity index is 5350. The van der Waals surface area contributed by atoms with E-state index in [1.807, 2.05) is 0 Å². The van der Waals surface area contributed by atoms with Gasteiger partial charge >= 0.3 is 0 Å². The van der Waals surface area contributed by atoms with Gasteiger partial charge in [0.1, 0.15) is 22.3 Å². The highest BCUT2D eigenvalue weighted by Crippen LogP contribution is 2.43. The van der Waals surface area contributed by atoms with E-state index < -0.39 is 309 Å². The molecule has 0 radical (unpaired) electrons. The molecule has 0 N–H and O–H groups in total. The summed E-state index contributed by atoms with van der Waals surface area (Å²) in [7, 11) is 0. The first-order chi connectivity index (χ1) is 41.6. The second-order valence-corrected chi connectivity index (χ2v) is 12.3. The Balaban J connectivity index is 1.32. The van der Waals surface area contributed by atoms with E-state index in [-0.39, 0.29) is 0 Å². The van der Waals surface area contributed by atoms with E-state index in [2.05, 4.69) is 15.0 Å². The summed E-state index contributed by atoms with van der Waals surface area (Å²) in [6, 6.07) is -28.5. The van der Waals surface area contributed by atoms with E-state index in [1.54, 1.807) is 0 Å². The van der Waals surface area contributed by atoms with E-state index in [4.69, 9.17) is 37.6 Å². The Morgan fingerprint density at radius 1 is 0.328 bits per heavy atom.